The molecule has 0 aromatic heterocycles. The Balaban J connectivity index is 1.71. The minimum absolute atomic E-state index is 0.0471. The third-order valence-electron chi connectivity index (χ3n) is 6.78. The van der Waals surface area contributed by atoms with Crippen LogP contribution in [0, 0.1) is 23.7 Å². The van der Waals surface area contributed by atoms with E-state index in [0.29, 0.717) is 41.9 Å². The fraction of sp³-hybridized carbons (Fsp3) is 0.741. The van der Waals surface area contributed by atoms with Gasteiger partial charge in [0.2, 0.25) is 0 Å². The lowest BCUT2D eigenvalue weighted by Gasteiger charge is -2.26. The molecule has 0 heterocycles. The van der Waals surface area contributed by atoms with Crippen molar-refractivity contribution in [1.29, 1.82) is 0 Å². The van der Waals surface area contributed by atoms with Crippen molar-refractivity contribution in [3.63, 3.8) is 0 Å². The maximum atomic E-state index is 11.7. The second-order valence-electron chi connectivity index (χ2n) is 10.1. The van der Waals surface area contributed by atoms with E-state index < -0.39 is 0 Å². The SMILES string of the molecule is CC(C)OC(=O)CCC[C@H](S)CC[C@@H]1[C@@H](CC[C@@H](C)COc2ccccc2)[C@H](O)C[C@@H]1C. The van der Waals surface area contributed by atoms with Gasteiger partial charge in [-0.15, -0.1) is 0 Å². The van der Waals surface area contributed by atoms with Crippen molar-refractivity contribution in [3.05, 3.63) is 30.3 Å². The molecule has 1 aliphatic rings. The predicted molar refractivity (Wildman–Crippen MR) is 134 cm³/mol. The molecule has 182 valence electrons. The number of benzene rings is 1. The van der Waals surface area contributed by atoms with Crippen LogP contribution in [0.1, 0.15) is 79.1 Å². The molecule has 5 heteroatoms. The maximum Gasteiger partial charge on any atom is 0.306 e. The minimum Gasteiger partial charge on any atom is -0.493 e. The summed E-state index contributed by atoms with van der Waals surface area (Å²) in [6, 6.07) is 9.97. The molecule has 0 amide bonds. The van der Waals surface area contributed by atoms with Crippen molar-refractivity contribution in [3.8, 4) is 5.75 Å². The van der Waals surface area contributed by atoms with E-state index in [4.69, 9.17) is 22.1 Å². The van der Waals surface area contributed by atoms with Gasteiger partial charge in [-0.3, -0.25) is 4.79 Å². The summed E-state index contributed by atoms with van der Waals surface area (Å²) in [5.74, 6) is 2.73. The van der Waals surface area contributed by atoms with Crippen LogP contribution in [0.3, 0.4) is 0 Å². The molecule has 4 nitrogen and oxygen atoms in total. The van der Waals surface area contributed by atoms with Crippen LogP contribution >= 0.6 is 12.6 Å². The average Bonchev–Trinajstić information content (AvgIpc) is 3.01. The molecule has 0 saturated heterocycles. The van der Waals surface area contributed by atoms with Gasteiger partial charge in [-0.05, 0) is 94.6 Å². The third kappa shape index (κ3) is 9.74. The van der Waals surface area contributed by atoms with Crippen LogP contribution < -0.4 is 4.74 Å². The first kappa shape index (κ1) is 27.0. The average molecular weight is 465 g/mol. The van der Waals surface area contributed by atoms with Crippen LogP contribution in [0.5, 0.6) is 5.75 Å². The van der Waals surface area contributed by atoms with Gasteiger partial charge in [0.05, 0.1) is 18.8 Å². The summed E-state index contributed by atoms with van der Waals surface area (Å²) in [6.45, 7) is 8.99. The molecule has 1 aromatic rings. The number of rotatable bonds is 14. The summed E-state index contributed by atoms with van der Waals surface area (Å²) in [5, 5.41) is 11.0. The van der Waals surface area contributed by atoms with Crippen molar-refractivity contribution in [1.82, 2.24) is 0 Å². The predicted octanol–water partition coefficient (Wildman–Crippen LogP) is 6.32. The molecule has 1 saturated carbocycles. The second-order valence-corrected chi connectivity index (χ2v) is 10.8. The van der Waals surface area contributed by atoms with Crippen LogP contribution in [0.4, 0.5) is 0 Å². The summed E-state index contributed by atoms with van der Waals surface area (Å²) in [6.07, 6.45) is 7.14. The highest BCUT2D eigenvalue weighted by Crippen LogP contribution is 2.43. The van der Waals surface area contributed by atoms with Crippen molar-refractivity contribution in [2.24, 2.45) is 23.7 Å². The lowest BCUT2D eigenvalue weighted by molar-refractivity contribution is -0.147. The molecule has 32 heavy (non-hydrogen) atoms. The number of aliphatic hydroxyl groups excluding tert-OH is 1. The Morgan fingerprint density at radius 2 is 1.78 bits per heavy atom. The number of para-hydroxylation sites is 1. The fourth-order valence-corrected chi connectivity index (χ4v) is 5.32. The zero-order valence-corrected chi connectivity index (χ0v) is 21.3. The highest BCUT2D eigenvalue weighted by Gasteiger charge is 2.39. The Bertz CT molecular complexity index is 650. The number of ether oxygens (including phenoxy) is 2. The molecule has 0 radical (unpaired) electrons. The largest absolute Gasteiger partial charge is 0.493 e. The zero-order chi connectivity index (χ0) is 23.5. The van der Waals surface area contributed by atoms with E-state index in [1.165, 1.54) is 0 Å². The van der Waals surface area contributed by atoms with Gasteiger partial charge in [-0.25, -0.2) is 0 Å². The number of thiol groups is 1. The zero-order valence-electron chi connectivity index (χ0n) is 20.4. The van der Waals surface area contributed by atoms with E-state index in [-0.39, 0.29) is 18.2 Å². The van der Waals surface area contributed by atoms with Crippen LogP contribution in [-0.2, 0) is 9.53 Å². The van der Waals surface area contributed by atoms with Gasteiger partial charge in [0.15, 0.2) is 0 Å². The lowest BCUT2D eigenvalue weighted by atomic mass is 9.81. The van der Waals surface area contributed by atoms with Crippen LogP contribution in [0.15, 0.2) is 30.3 Å². The molecule has 0 unspecified atom stereocenters. The number of hydrogen-bond acceptors (Lipinski definition) is 5. The smallest absolute Gasteiger partial charge is 0.306 e. The molecule has 1 aliphatic carbocycles. The number of hydrogen-bond donors (Lipinski definition) is 2. The van der Waals surface area contributed by atoms with E-state index in [9.17, 15) is 9.90 Å². The highest BCUT2D eigenvalue weighted by molar-refractivity contribution is 7.80. The molecule has 1 N–H and O–H groups in total. The van der Waals surface area contributed by atoms with Crippen molar-refractivity contribution in [2.75, 3.05) is 6.61 Å². The van der Waals surface area contributed by atoms with Crippen molar-refractivity contribution < 1.29 is 19.4 Å². The first-order valence-electron chi connectivity index (χ1n) is 12.5. The van der Waals surface area contributed by atoms with Gasteiger partial charge in [0.1, 0.15) is 5.75 Å². The second kappa shape index (κ2) is 14.1. The van der Waals surface area contributed by atoms with E-state index in [0.717, 1.165) is 50.7 Å². The minimum atomic E-state index is -0.193. The summed E-state index contributed by atoms with van der Waals surface area (Å²) < 4.78 is 11.1. The molecule has 0 bridgehead atoms. The van der Waals surface area contributed by atoms with Gasteiger partial charge >= 0.3 is 5.97 Å². The van der Waals surface area contributed by atoms with Crippen LogP contribution in [0.2, 0.25) is 0 Å². The van der Waals surface area contributed by atoms with Crippen molar-refractivity contribution in [2.45, 2.75) is 96.5 Å². The lowest BCUT2D eigenvalue weighted by Crippen LogP contribution is -2.22. The topological polar surface area (TPSA) is 55.8 Å². The Hall–Kier alpha value is -1.20. The molecule has 1 aromatic carbocycles. The van der Waals surface area contributed by atoms with E-state index in [1.54, 1.807) is 0 Å². The van der Waals surface area contributed by atoms with Crippen molar-refractivity contribution >= 4 is 18.6 Å². The fourth-order valence-electron chi connectivity index (χ4n) is 4.99. The summed E-state index contributed by atoms with van der Waals surface area (Å²) >= 11 is 4.77. The molecular formula is C27H44O4S. The number of aliphatic hydroxyl groups is 1. The highest BCUT2D eigenvalue weighted by atomic mass is 32.1. The monoisotopic (exact) mass is 464 g/mol. The number of carbonyl (C=O) groups is 1. The normalized spacial score (nSPS) is 25.0. The Labute approximate surface area is 200 Å². The molecule has 0 aliphatic heterocycles. The van der Waals surface area contributed by atoms with E-state index >= 15 is 0 Å². The number of esters is 1. The summed E-state index contributed by atoms with van der Waals surface area (Å²) in [5.41, 5.74) is 0. The van der Waals surface area contributed by atoms with Gasteiger partial charge < -0.3 is 14.6 Å². The summed E-state index contributed by atoms with van der Waals surface area (Å²) in [7, 11) is 0. The summed E-state index contributed by atoms with van der Waals surface area (Å²) in [4.78, 5) is 11.7. The van der Waals surface area contributed by atoms with Gasteiger partial charge in [-0.1, -0.05) is 32.0 Å². The Morgan fingerprint density at radius 3 is 2.47 bits per heavy atom. The Kier molecular flexibility index (Phi) is 12.0. The van der Waals surface area contributed by atoms with E-state index in [1.807, 2.05) is 44.2 Å². The van der Waals surface area contributed by atoms with Gasteiger partial charge in [-0.2, -0.15) is 12.6 Å². The number of carbonyl (C=O) groups excluding carboxylic acids is 1. The quantitative estimate of drug-likeness (QED) is 0.250. The standard InChI is InChI=1S/C27H44O4S/c1-19(2)31-27(29)12-8-11-23(32)14-16-24-21(4)17-26(28)25(24)15-13-20(3)18-30-22-9-6-5-7-10-22/h5-7,9-10,19-21,23-26,28,32H,8,11-18H2,1-4H3/t20-,21+,23+,24+,25-,26-/m1/s1. The van der Waals surface area contributed by atoms with Gasteiger partial charge in [0.25, 0.3) is 0 Å². The molecule has 2 rings (SSSR count). The molecule has 0 spiro atoms. The van der Waals surface area contributed by atoms with Gasteiger partial charge in [0, 0.05) is 11.7 Å². The van der Waals surface area contributed by atoms with Crippen LogP contribution in [0.25, 0.3) is 0 Å². The molecule has 6 atom stereocenters. The first-order chi connectivity index (χ1) is 15.3. The molecular weight excluding hydrogens is 420 g/mol. The third-order valence-corrected chi connectivity index (χ3v) is 7.29. The Morgan fingerprint density at radius 1 is 1.09 bits per heavy atom. The first-order valence-corrected chi connectivity index (χ1v) is 13.0. The van der Waals surface area contributed by atoms with E-state index in [2.05, 4.69) is 13.8 Å². The maximum absolute atomic E-state index is 11.7. The van der Waals surface area contributed by atoms with Crippen LogP contribution in [-0.4, -0.2) is 35.1 Å². The molecule has 1 fully saturated rings.